The molecule has 0 bridgehead atoms. The van der Waals surface area contributed by atoms with Gasteiger partial charge in [0.15, 0.2) is 0 Å². The van der Waals surface area contributed by atoms with Crippen LogP contribution in [-0.4, -0.2) is 12.1 Å². The van der Waals surface area contributed by atoms with Gasteiger partial charge >= 0.3 is 0 Å². The molecule has 1 saturated carbocycles. The predicted molar refractivity (Wildman–Crippen MR) is 48.1 cm³/mol. The highest BCUT2D eigenvalue weighted by Gasteiger charge is 2.28. The minimum Gasteiger partial charge on any atom is -0.328 e. The summed E-state index contributed by atoms with van der Waals surface area (Å²) in [7, 11) is 0. The van der Waals surface area contributed by atoms with Crippen LogP contribution in [0, 0.1) is 11.8 Å². The largest absolute Gasteiger partial charge is 0.328 e. The van der Waals surface area contributed by atoms with E-state index in [9.17, 15) is 0 Å². The maximum atomic E-state index is 5.82. The molecule has 0 spiro atoms. The second-order valence-electron chi connectivity index (χ2n) is 4.05. The summed E-state index contributed by atoms with van der Waals surface area (Å²) in [5, 5.41) is 0. The summed E-state index contributed by atoms with van der Waals surface area (Å²) in [5.41, 5.74) is 11.6. The van der Waals surface area contributed by atoms with Crippen LogP contribution in [-0.2, 0) is 0 Å². The average Bonchev–Trinajstić information content (AvgIpc) is 2.33. The van der Waals surface area contributed by atoms with Crippen LogP contribution in [0.5, 0.6) is 0 Å². The highest BCUT2D eigenvalue weighted by Crippen LogP contribution is 2.33. The number of hydrogen-bond donors (Lipinski definition) is 2. The standard InChI is InChI=1S/C9H20N2/c1-6(10)8-3-4-9(5-8)7(2)11/h6-9H,3-5,10-11H2,1-2H3. The van der Waals surface area contributed by atoms with E-state index in [-0.39, 0.29) is 0 Å². The molecule has 1 aliphatic rings. The molecule has 0 amide bonds. The van der Waals surface area contributed by atoms with Gasteiger partial charge in [0.05, 0.1) is 0 Å². The summed E-state index contributed by atoms with van der Waals surface area (Å²) in [6.07, 6.45) is 3.81. The van der Waals surface area contributed by atoms with Crippen molar-refractivity contribution < 1.29 is 0 Å². The summed E-state index contributed by atoms with van der Waals surface area (Å²) in [6, 6.07) is 0.720. The van der Waals surface area contributed by atoms with Gasteiger partial charge in [0, 0.05) is 12.1 Å². The van der Waals surface area contributed by atoms with Gasteiger partial charge in [0.1, 0.15) is 0 Å². The molecule has 0 aromatic rings. The smallest absolute Gasteiger partial charge is 0.00388 e. The van der Waals surface area contributed by atoms with E-state index < -0.39 is 0 Å². The Morgan fingerprint density at radius 2 is 1.36 bits per heavy atom. The van der Waals surface area contributed by atoms with Gasteiger partial charge in [-0.15, -0.1) is 0 Å². The number of nitrogens with two attached hydrogens (primary N) is 2. The Morgan fingerprint density at radius 3 is 1.55 bits per heavy atom. The molecule has 1 aliphatic carbocycles. The molecule has 66 valence electrons. The van der Waals surface area contributed by atoms with E-state index in [1.165, 1.54) is 19.3 Å². The molecule has 2 heteroatoms. The zero-order valence-electron chi connectivity index (χ0n) is 7.59. The predicted octanol–water partition coefficient (Wildman–Crippen LogP) is 1.10. The van der Waals surface area contributed by atoms with Crippen LogP contribution in [0.1, 0.15) is 33.1 Å². The Bertz CT molecular complexity index is 107. The van der Waals surface area contributed by atoms with Gasteiger partial charge in [-0.1, -0.05) is 0 Å². The van der Waals surface area contributed by atoms with Crippen molar-refractivity contribution in [2.24, 2.45) is 23.3 Å². The van der Waals surface area contributed by atoms with Crippen LogP contribution in [0.3, 0.4) is 0 Å². The first kappa shape index (κ1) is 9.01. The van der Waals surface area contributed by atoms with Gasteiger partial charge in [-0.3, -0.25) is 0 Å². The molecule has 0 aliphatic heterocycles. The topological polar surface area (TPSA) is 52.0 Å². The van der Waals surface area contributed by atoms with Crippen LogP contribution < -0.4 is 11.5 Å². The van der Waals surface area contributed by atoms with Gasteiger partial charge < -0.3 is 11.5 Å². The molecule has 0 radical (unpaired) electrons. The Hall–Kier alpha value is -0.0800. The molecule has 11 heavy (non-hydrogen) atoms. The lowest BCUT2D eigenvalue weighted by Crippen LogP contribution is -2.28. The van der Waals surface area contributed by atoms with E-state index in [2.05, 4.69) is 13.8 Å². The van der Waals surface area contributed by atoms with E-state index in [1.807, 2.05) is 0 Å². The van der Waals surface area contributed by atoms with Crippen LogP contribution in [0.15, 0.2) is 0 Å². The molecule has 1 rings (SSSR count). The fourth-order valence-electron chi connectivity index (χ4n) is 2.01. The summed E-state index contributed by atoms with van der Waals surface area (Å²) in [5.74, 6) is 1.46. The van der Waals surface area contributed by atoms with Crippen molar-refractivity contribution in [3.05, 3.63) is 0 Å². The quantitative estimate of drug-likeness (QED) is 0.629. The van der Waals surface area contributed by atoms with Crippen LogP contribution in [0.25, 0.3) is 0 Å². The van der Waals surface area contributed by atoms with Crippen molar-refractivity contribution in [2.45, 2.75) is 45.2 Å². The van der Waals surface area contributed by atoms with Gasteiger partial charge in [0.25, 0.3) is 0 Å². The first-order valence-electron chi connectivity index (χ1n) is 4.62. The molecule has 0 saturated heterocycles. The molecule has 4 N–H and O–H groups in total. The van der Waals surface area contributed by atoms with Gasteiger partial charge in [-0.05, 0) is 44.9 Å². The second-order valence-corrected chi connectivity index (χ2v) is 4.05. The molecule has 0 aromatic carbocycles. The summed E-state index contributed by atoms with van der Waals surface area (Å²) in [6.45, 7) is 4.21. The summed E-state index contributed by atoms with van der Waals surface area (Å²) >= 11 is 0. The SMILES string of the molecule is CC(N)C1CCC(C(C)N)C1. The minimum absolute atomic E-state index is 0.360. The number of rotatable bonds is 2. The van der Waals surface area contributed by atoms with E-state index >= 15 is 0 Å². The third-order valence-electron chi connectivity index (χ3n) is 3.00. The summed E-state index contributed by atoms with van der Waals surface area (Å²) < 4.78 is 0. The Balaban J connectivity index is 2.35. The first-order chi connectivity index (χ1) is 5.11. The molecular weight excluding hydrogens is 136 g/mol. The molecule has 4 unspecified atom stereocenters. The van der Waals surface area contributed by atoms with E-state index in [1.54, 1.807) is 0 Å². The average molecular weight is 156 g/mol. The van der Waals surface area contributed by atoms with Gasteiger partial charge in [-0.2, -0.15) is 0 Å². The minimum atomic E-state index is 0.360. The first-order valence-corrected chi connectivity index (χ1v) is 4.62. The maximum absolute atomic E-state index is 5.82. The molecule has 4 atom stereocenters. The lowest BCUT2D eigenvalue weighted by molar-refractivity contribution is 0.402. The van der Waals surface area contributed by atoms with Crippen LogP contribution in [0.4, 0.5) is 0 Å². The third kappa shape index (κ3) is 2.17. The molecular formula is C9H20N2. The molecule has 0 aromatic heterocycles. The molecule has 1 fully saturated rings. The van der Waals surface area contributed by atoms with Crippen molar-refractivity contribution in [2.75, 3.05) is 0 Å². The van der Waals surface area contributed by atoms with Crippen molar-refractivity contribution in [1.29, 1.82) is 0 Å². The monoisotopic (exact) mass is 156 g/mol. The fourth-order valence-corrected chi connectivity index (χ4v) is 2.01. The lowest BCUT2D eigenvalue weighted by atomic mass is 9.96. The van der Waals surface area contributed by atoms with E-state index in [0.29, 0.717) is 12.1 Å². The molecule has 0 heterocycles. The Morgan fingerprint density at radius 1 is 1.00 bits per heavy atom. The second kappa shape index (κ2) is 3.55. The fraction of sp³-hybridized carbons (Fsp3) is 1.00. The van der Waals surface area contributed by atoms with Crippen molar-refractivity contribution in [3.8, 4) is 0 Å². The zero-order chi connectivity index (χ0) is 8.43. The van der Waals surface area contributed by atoms with Gasteiger partial charge in [0.2, 0.25) is 0 Å². The van der Waals surface area contributed by atoms with E-state index in [4.69, 9.17) is 11.5 Å². The van der Waals surface area contributed by atoms with Crippen molar-refractivity contribution in [3.63, 3.8) is 0 Å². The van der Waals surface area contributed by atoms with Crippen molar-refractivity contribution >= 4 is 0 Å². The van der Waals surface area contributed by atoms with Crippen LogP contribution >= 0.6 is 0 Å². The van der Waals surface area contributed by atoms with Gasteiger partial charge in [-0.25, -0.2) is 0 Å². The lowest BCUT2D eigenvalue weighted by Gasteiger charge is -2.16. The Kier molecular flexibility index (Phi) is 2.90. The van der Waals surface area contributed by atoms with E-state index in [0.717, 1.165) is 11.8 Å². The zero-order valence-corrected chi connectivity index (χ0v) is 7.59. The van der Waals surface area contributed by atoms with Crippen LogP contribution in [0.2, 0.25) is 0 Å². The third-order valence-corrected chi connectivity index (χ3v) is 3.00. The molecule has 2 nitrogen and oxygen atoms in total. The summed E-state index contributed by atoms with van der Waals surface area (Å²) in [4.78, 5) is 0. The maximum Gasteiger partial charge on any atom is 0.00388 e. The van der Waals surface area contributed by atoms with Crippen molar-refractivity contribution in [1.82, 2.24) is 0 Å². The number of hydrogen-bond acceptors (Lipinski definition) is 2. The highest BCUT2D eigenvalue weighted by molar-refractivity contribution is 4.84. The normalized spacial score (nSPS) is 37.1. The Labute approximate surface area is 69.3 Å². The highest BCUT2D eigenvalue weighted by atomic mass is 14.7.